The van der Waals surface area contributed by atoms with Gasteiger partial charge in [-0.05, 0) is 24.8 Å². The summed E-state index contributed by atoms with van der Waals surface area (Å²) in [5, 5.41) is 31.7. The molecule has 220 valence electrons. The molecule has 0 aromatic heterocycles. The summed E-state index contributed by atoms with van der Waals surface area (Å²) in [7, 11) is 0. The van der Waals surface area contributed by atoms with Crippen LogP contribution in [0.5, 0.6) is 0 Å². The van der Waals surface area contributed by atoms with Gasteiger partial charge in [0.1, 0.15) is 6.04 Å². The Kier molecular flexibility index (Phi) is 21.4. The predicted molar refractivity (Wildman–Crippen MR) is 160 cm³/mol. The number of aliphatic carboxylic acids is 1. The van der Waals surface area contributed by atoms with Crippen LogP contribution in [0.3, 0.4) is 0 Å². The topological polar surface area (TPSA) is 81.0 Å². The molecule has 38 heavy (non-hydrogen) atoms. The summed E-state index contributed by atoms with van der Waals surface area (Å²) in [4.78, 5) is 14.1. The van der Waals surface area contributed by atoms with Gasteiger partial charge in [-0.15, -0.1) is 0 Å². The molecule has 0 heterocycles. The Balaban J connectivity index is 2.57. The maximum absolute atomic E-state index is 12.3. The van der Waals surface area contributed by atoms with Gasteiger partial charge in [-0.3, -0.25) is 9.69 Å². The molecule has 0 saturated carbocycles. The van der Waals surface area contributed by atoms with Crippen molar-refractivity contribution in [2.45, 2.75) is 154 Å². The van der Waals surface area contributed by atoms with Crippen LogP contribution in [0.25, 0.3) is 0 Å². The maximum atomic E-state index is 12.3. The average Bonchev–Trinajstić information content (AvgIpc) is 2.90. The third-order valence-corrected chi connectivity index (χ3v) is 7.67. The minimum atomic E-state index is -0.896. The molecule has 0 aliphatic carbocycles. The van der Waals surface area contributed by atoms with E-state index in [0.29, 0.717) is 19.3 Å². The van der Waals surface area contributed by atoms with Gasteiger partial charge in [0.15, 0.2) is 0 Å². The van der Waals surface area contributed by atoms with E-state index < -0.39 is 24.2 Å². The van der Waals surface area contributed by atoms with Crippen molar-refractivity contribution < 1.29 is 20.1 Å². The van der Waals surface area contributed by atoms with Crippen LogP contribution >= 0.6 is 0 Å². The average molecular weight is 534 g/mol. The van der Waals surface area contributed by atoms with Crippen molar-refractivity contribution in [1.29, 1.82) is 0 Å². The number of rotatable bonds is 26. The number of benzene rings is 1. The van der Waals surface area contributed by atoms with E-state index in [-0.39, 0.29) is 13.1 Å². The summed E-state index contributed by atoms with van der Waals surface area (Å²) in [6.45, 7) is 5.04. The molecular weight excluding hydrogens is 474 g/mol. The third-order valence-electron chi connectivity index (χ3n) is 7.67. The molecule has 0 saturated heterocycles. The van der Waals surface area contributed by atoms with Gasteiger partial charge in [0, 0.05) is 13.1 Å². The highest BCUT2D eigenvalue weighted by Gasteiger charge is 2.29. The highest BCUT2D eigenvalue weighted by Crippen LogP contribution is 2.17. The zero-order valence-electron chi connectivity index (χ0n) is 24.7. The van der Waals surface area contributed by atoms with Gasteiger partial charge in [-0.25, -0.2) is 0 Å². The summed E-state index contributed by atoms with van der Waals surface area (Å²) in [5.74, 6) is -0.896. The SMILES string of the molecule is CCCCCCCCCCC(O)CN(CC(O)CCCCCCCCCC)C(Cc1ccccc1)C(=O)O. The van der Waals surface area contributed by atoms with Gasteiger partial charge in [0.05, 0.1) is 12.2 Å². The molecule has 0 aliphatic heterocycles. The minimum absolute atomic E-state index is 0.286. The molecule has 3 unspecified atom stereocenters. The number of hydrogen-bond donors (Lipinski definition) is 3. The van der Waals surface area contributed by atoms with Crippen LogP contribution in [-0.2, 0) is 11.2 Å². The number of nitrogens with zero attached hydrogens (tertiary/aromatic N) is 1. The largest absolute Gasteiger partial charge is 0.480 e. The lowest BCUT2D eigenvalue weighted by molar-refractivity contribution is -0.144. The van der Waals surface area contributed by atoms with E-state index in [1.165, 1.54) is 77.0 Å². The number of aliphatic hydroxyl groups is 2. The quantitative estimate of drug-likeness (QED) is 0.106. The van der Waals surface area contributed by atoms with Gasteiger partial charge >= 0.3 is 5.97 Å². The Hall–Kier alpha value is -1.43. The summed E-state index contributed by atoms with van der Waals surface area (Å²) < 4.78 is 0. The van der Waals surface area contributed by atoms with E-state index in [4.69, 9.17) is 0 Å². The number of carboxylic acids is 1. The highest BCUT2D eigenvalue weighted by atomic mass is 16.4. The lowest BCUT2D eigenvalue weighted by Gasteiger charge is -2.32. The molecule has 0 aliphatic rings. The van der Waals surface area contributed by atoms with Crippen LogP contribution in [-0.4, -0.2) is 57.5 Å². The molecule has 0 fully saturated rings. The van der Waals surface area contributed by atoms with E-state index in [0.717, 1.165) is 31.2 Å². The van der Waals surface area contributed by atoms with E-state index >= 15 is 0 Å². The number of carboxylic acid groups (broad SMARTS) is 1. The summed E-state index contributed by atoms with van der Waals surface area (Å²) in [6, 6.07) is 8.90. The Morgan fingerprint density at radius 2 is 1.05 bits per heavy atom. The molecule has 3 atom stereocenters. The summed E-state index contributed by atoms with van der Waals surface area (Å²) >= 11 is 0. The van der Waals surface area contributed by atoms with E-state index in [2.05, 4.69) is 13.8 Å². The fourth-order valence-electron chi connectivity index (χ4n) is 5.29. The Morgan fingerprint density at radius 3 is 1.45 bits per heavy atom. The van der Waals surface area contributed by atoms with Crippen LogP contribution in [0.15, 0.2) is 30.3 Å². The first-order valence-electron chi connectivity index (χ1n) is 15.8. The molecule has 5 nitrogen and oxygen atoms in total. The monoisotopic (exact) mass is 533 g/mol. The number of unbranched alkanes of at least 4 members (excludes halogenated alkanes) is 14. The second-order valence-electron chi connectivity index (χ2n) is 11.3. The van der Waals surface area contributed by atoms with Crippen molar-refractivity contribution in [1.82, 2.24) is 4.90 Å². The molecule has 0 amide bonds. The molecule has 0 bridgehead atoms. The maximum Gasteiger partial charge on any atom is 0.321 e. The Bertz CT molecular complexity index is 640. The van der Waals surface area contributed by atoms with Gasteiger partial charge in [-0.1, -0.05) is 147 Å². The standard InChI is InChI=1S/C33H59NO4/c1-3-5-7-9-11-13-15-20-24-30(35)27-34(32(33(37)38)26-29-22-18-17-19-23-29)28-31(36)25-21-16-14-12-10-8-6-4-2/h17-19,22-23,30-32,35-36H,3-16,20-21,24-28H2,1-2H3,(H,37,38). The van der Waals surface area contributed by atoms with Crippen LogP contribution in [0.1, 0.15) is 135 Å². The first-order valence-corrected chi connectivity index (χ1v) is 15.8. The van der Waals surface area contributed by atoms with Crippen molar-refractivity contribution in [2.24, 2.45) is 0 Å². The molecule has 5 heteroatoms. The van der Waals surface area contributed by atoms with Crippen LogP contribution in [0.4, 0.5) is 0 Å². The number of aliphatic hydroxyl groups excluding tert-OH is 2. The van der Waals surface area contributed by atoms with E-state index in [1.54, 1.807) is 0 Å². The van der Waals surface area contributed by atoms with Gasteiger partial charge in [0.25, 0.3) is 0 Å². The summed E-state index contributed by atoms with van der Waals surface area (Å²) in [6.07, 6.45) is 20.0. The van der Waals surface area contributed by atoms with Gasteiger partial charge < -0.3 is 15.3 Å². The first-order chi connectivity index (χ1) is 18.5. The lowest BCUT2D eigenvalue weighted by atomic mass is 10.0. The first kappa shape index (κ1) is 34.6. The molecule has 1 aromatic carbocycles. The summed E-state index contributed by atoms with van der Waals surface area (Å²) in [5.41, 5.74) is 0.958. The fourth-order valence-corrected chi connectivity index (χ4v) is 5.29. The Morgan fingerprint density at radius 1 is 0.658 bits per heavy atom. The van der Waals surface area contributed by atoms with Crippen molar-refractivity contribution >= 4 is 5.97 Å². The van der Waals surface area contributed by atoms with Crippen molar-refractivity contribution in [3.8, 4) is 0 Å². The Labute approximate surface area is 234 Å². The normalized spacial score (nSPS) is 14.0. The molecular formula is C33H59NO4. The number of carbonyl (C=O) groups is 1. The van der Waals surface area contributed by atoms with Gasteiger partial charge in [-0.2, -0.15) is 0 Å². The molecule has 0 spiro atoms. The second kappa shape index (κ2) is 23.5. The predicted octanol–water partition coefficient (Wildman–Crippen LogP) is 7.77. The van der Waals surface area contributed by atoms with Crippen LogP contribution in [0, 0.1) is 0 Å². The van der Waals surface area contributed by atoms with Crippen LogP contribution < -0.4 is 0 Å². The molecule has 1 aromatic rings. The van der Waals surface area contributed by atoms with Crippen LogP contribution in [0.2, 0.25) is 0 Å². The van der Waals surface area contributed by atoms with E-state index in [9.17, 15) is 20.1 Å². The molecule has 0 radical (unpaired) electrons. The van der Waals surface area contributed by atoms with Gasteiger partial charge in [0.2, 0.25) is 0 Å². The zero-order valence-corrected chi connectivity index (χ0v) is 24.7. The van der Waals surface area contributed by atoms with E-state index in [1.807, 2.05) is 35.2 Å². The smallest absolute Gasteiger partial charge is 0.321 e. The number of hydrogen-bond acceptors (Lipinski definition) is 4. The minimum Gasteiger partial charge on any atom is -0.480 e. The second-order valence-corrected chi connectivity index (χ2v) is 11.3. The fraction of sp³-hybridized carbons (Fsp3) is 0.788. The highest BCUT2D eigenvalue weighted by molar-refractivity contribution is 5.74. The van der Waals surface area contributed by atoms with Crippen molar-refractivity contribution in [3.05, 3.63) is 35.9 Å². The zero-order chi connectivity index (χ0) is 27.8. The van der Waals surface area contributed by atoms with Crippen molar-refractivity contribution in [2.75, 3.05) is 13.1 Å². The van der Waals surface area contributed by atoms with Crippen molar-refractivity contribution in [3.63, 3.8) is 0 Å². The molecule has 1 rings (SSSR count). The molecule has 3 N–H and O–H groups in total. The third kappa shape index (κ3) is 18.0. The lowest BCUT2D eigenvalue weighted by Crippen LogP contribution is -2.49.